The fraction of sp³-hybridized carbons (Fsp3) is 0.471. The number of quaternary nitrogens is 1. The van der Waals surface area contributed by atoms with Gasteiger partial charge in [-0.05, 0) is 6.08 Å². The van der Waals surface area contributed by atoms with Crippen molar-refractivity contribution in [3.8, 4) is 17.2 Å². The molecule has 0 bridgehead atoms. The summed E-state index contributed by atoms with van der Waals surface area (Å²) >= 11 is 0. The Hall–Kier alpha value is -2.21. The zero-order valence-electron chi connectivity index (χ0n) is 14.1. The molecular formula is C17H25N2O4+. The zero-order chi connectivity index (χ0) is 16.8. The smallest absolute Gasteiger partial charge is 0.258 e. The highest BCUT2D eigenvalue weighted by Crippen LogP contribution is 2.35. The lowest BCUT2D eigenvalue weighted by Gasteiger charge is -2.32. The maximum Gasteiger partial charge on any atom is 0.258 e. The van der Waals surface area contributed by atoms with Crippen LogP contribution in [0.1, 0.15) is 10.4 Å². The summed E-state index contributed by atoms with van der Waals surface area (Å²) in [6.45, 7) is 7.99. The number of nitrogens with zero attached hydrogens (tertiary/aromatic N) is 1. The number of hydrogen-bond acceptors (Lipinski definition) is 4. The monoisotopic (exact) mass is 321 g/mol. The van der Waals surface area contributed by atoms with Crippen molar-refractivity contribution in [2.45, 2.75) is 0 Å². The minimum absolute atomic E-state index is 0.0412. The van der Waals surface area contributed by atoms with Crippen molar-refractivity contribution in [3.05, 3.63) is 30.4 Å². The number of carbonyl (C=O) groups excluding carboxylic acids is 1. The van der Waals surface area contributed by atoms with Gasteiger partial charge in [-0.3, -0.25) is 4.79 Å². The molecule has 0 saturated carbocycles. The van der Waals surface area contributed by atoms with Crippen LogP contribution >= 0.6 is 0 Å². The molecule has 2 rings (SSSR count). The van der Waals surface area contributed by atoms with Crippen molar-refractivity contribution in [1.29, 1.82) is 0 Å². The van der Waals surface area contributed by atoms with Crippen molar-refractivity contribution in [3.63, 3.8) is 0 Å². The van der Waals surface area contributed by atoms with Gasteiger partial charge < -0.3 is 24.0 Å². The van der Waals surface area contributed by atoms with E-state index in [0.717, 1.165) is 32.7 Å². The molecule has 6 nitrogen and oxygen atoms in total. The van der Waals surface area contributed by atoms with E-state index in [0.29, 0.717) is 22.8 Å². The Labute approximate surface area is 137 Å². The molecule has 1 aromatic carbocycles. The molecule has 1 aliphatic rings. The average molecular weight is 321 g/mol. The second-order valence-electron chi connectivity index (χ2n) is 5.44. The number of amides is 1. The fourth-order valence-electron chi connectivity index (χ4n) is 2.80. The highest BCUT2D eigenvalue weighted by molar-refractivity contribution is 5.97. The Bertz CT molecular complexity index is 566. The van der Waals surface area contributed by atoms with Gasteiger partial charge in [0, 0.05) is 12.1 Å². The summed E-state index contributed by atoms with van der Waals surface area (Å²) in [5.74, 6) is 1.52. The summed E-state index contributed by atoms with van der Waals surface area (Å²) in [5, 5.41) is 0. The van der Waals surface area contributed by atoms with Gasteiger partial charge in [-0.2, -0.15) is 0 Å². The lowest BCUT2D eigenvalue weighted by molar-refractivity contribution is -0.898. The quantitative estimate of drug-likeness (QED) is 0.763. The van der Waals surface area contributed by atoms with E-state index < -0.39 is 0 Å². The van der Waals surface area contributed by atoms with Crippen LogP contribution in [-0.2, 0) is 0 Å². The Kier molecular flexibility index (Phi) is 5.87. The van der Waals surface area contributed by atoms with E-state index in [-0.39, 0.29) is 5.91 Å². The molecular weight excluding hydrogens is 296 g/mol. The van der Waals surface area contributed by atoms with Gasteiger partial charge in [0.15, 0.2) is 11.5 Å². The van der Waals surface area contributed by atoms with Crippen molar-refractivity contribution >= 4 is 5.91 Å². The minimum Gasteiger partial charge on any atom is -0.496 e. The highest BCUT2D eigenvalue weighted by Gasteiger charge is 2.27. The van der Waals surface area contributed by atoms with E-state index in [2.05, 4.69) is 6.58 Å². The third-order valence-electron chi connectivity index (χ3n) is 4.13. The highest BCUT2D eigenvalue weighted by atomic mass is 16.5. The maximum atomic E-state index is 12.8. The predicted octanol–water partition coefficient (Wildman–Crippen LogP) is 0.239. The van der Waals surface area contributed by atoms with Crippen LogP contribution in [0.5, 0.6) is 17.2 Å². The number of nitrogens with one attached hydrogen (secondary N) is 1. The van der Waals surface area contributed by atoms with E-state index >= 15 is 0 Å². The molecule has 1 aliphatic heterocycles. The predicted molar refractivity (Wildman–Crippen MR) is 87.8 cm³/mol. The van der Waals surface area contributed by atoms with E-state index in [9.17, 15) is 4.79 Å². The van der Waals surface area contributed by atoms with Crippen molar-refractivity contribution in [1.82, 2.24) is 4.90 Å². The summed E-state index contributed by atoms with van der Waals surface area (Å²) in [4.78, 5) is 16.1. The summed E-state index contributed by atoms with van der Waals surface area (Å²) in [5.41, 5.74) is 0.498. The van der Waals surface area contributed by atoms with Gasteiger partial charge in [-0.15, -0.1) is 0 Å². The first-order valence-electron chi connectivity index (χ1n) is 7.68. The van der Waals surface area contributed by atoms with Crippen LogP contribution in [0.4, 0.5) is 0 Å². The number of ether oxygens (including phenoxy) is 3. The molecule has 0 spiro atoms. The summed E-state index contributed by atoms with van der Waals surface area (Å²) in [6, 6.07) is 3.37. The lowest BCUT2D eigenvalue weighted by atomic mass is 10.1. The first-order chi connectivity index (χ1) is 11.1. The first-order valence-corrected chi connectivity index (χ1v) is 7.68. The number of rotatable bonds is 6. The lowest BCUT2D eigenvalue weighted by Crippen LogP contribution is -3.14. The van der Waals surface area contributed by atoms with Crippen LogP contribution in [0.3, 0.4) is 0 Å². The Morgan fingerprint density at radius 2 is 1.70 bits per heavy atom. The summed E-state index contributed by atoms with van der Waals surface area (Å²) < 4.78 is 15.9. The molecule has 126 valence electrons. The van der Waals surface area contributed by atoms with Gasteiger partial charge >= 0.3 is 0 Å². The van der Waals surface area contributed by atoms with Crippen LogP contribution in [0.15, 0.2) is 24.8 Å². The third-order valence-corrected chi connectivity index (χ3v) is 4.13. The molecule has 1 N–H and O–H groups in total. The third kappa shape index (κ3) is 3.76. The number of carbonyl (C=O) groups is 1. The molecule has 0 radical (unpaired) electrons. The summed E-state index contributed by atoms with van der Waals surface area (Å²) in [7, 11) is 4.65. The SMILES string of the molecule is C=CC[NH+]1CCN(C(=O)c2cc(OC)c(OC)cc2OC)CC1. The first kappa shape index (κ1) is 17.1. The zero-order valence-corrected chi connectivity index (χ0v) is 14.1. The van der Waals surface area contributed by atoms with E-state index in [1.54, 1.807) is 33.5 Å². The van der Waals surface area contributed by atoms with Crippen LogP contribution in [-0.4, -0.2) is 64.9 Å². The van der Waals surface area contributed by atoms with Crippen LogP contribution in [0.25, 0.3) is 0 Å². The number of hydrogen-bond donors (Lipinski definition) is 1. The molecule has 1 saturated heterocycles. The molecule has 0 atom stereocenters. The van der Waals surface area contributed by atoms with Crippen molar-refractivity contribution in [2.75, 3.05) is 54.1 Å². The Balaban J connectivity index is 2.20. The Morgan fingerprint density at radius 1 is 1.13 bits per heavy atom. The molecule has 1 amide bonds. The Morgan fingerprint density at radius 3 is 2.22 bits per heavy atom. The van der Waals surface area contributed by atoms with Crippen LogP contribution in [0, 0.1) is 0 Å². The molecule has 23 heavy (non-hydrogen) atoms. The van der Waals surface area contributed by atoms with Gasteiger partial charge in [-0.25, -0.2) is 0 Å². The normalized spacial score (nSPS) is 15.2. The molecule has 0 aliphatic carbocycles. The fourth-order valence-corrected chi connectivity index (χ4v) is 2.80. The topological polar surface area (TPSA) is 52.4 Å². The minimum atomic E-state index is -0.0412. The molecule has 1 fully saturated rings. The molecule has 1 aromatic rings. The van der Waals surface area contributed by atoms with Gasteiger partial charge in [-0.1, -0.05) is 6.58 Å². The molecule has 0 unspecified atom stereocenters. The molecule has 1 heterocycles. The van der Waals surface area contributed by atoms with Crippen molar-refractivity contribution < 1.29 is 23.9 Å². The van der Waals surface area contributed by atoms with Gasteiger partial charge in [0.25, 0.3) is 5.91 Å². The second kappa shape index (κ2) is 7.87. The largest absolute Gasteiger partial charge is 0.496 e. The standard InChI is InChI=1S/C17H24N2O4/c1-5-6-18-7-9-19(10-8-18)17(20)13-11-15(22-3)16(23-4)12-14(13)21-2/h5,11-12H,1,6-10H2,2-4H3/p+1. The van der Waals surface area contributed by atoms with E-state index in [1.807, 2.05) is 11.0 Å². The number of methoxy groups -OCH3 is 3. The molecule has 6 heteroatoms. The number of piperazine rings is 1. The number of benzene rings is 1. The van der Waals surface area contributed by atoms with E-state index in [1.165, 1.54) is 4.90 Å². The average Bonchev–Trinajstić information content (AvgIpc) is 2.60. The summed E-state index contributed by atoms with van der Waals surface area (Å²) in [6.07, 6.45) is 1.92. The van der Waals surface area contributed by atoms with Crippen LogP contribution < -0.4 is 19.1 Å². The van der Waals surface area contributed by atoms with Gasteiger partial charge in [0.2, 0.25) is 0 Å². The van der Waals surface area contributed by atoms with Crippen LogP contribution in [0.2, 0.25) is 0 Å². The second-order valence-corrected chi connectivity index (χ2v) is 5.44. The van der Waals surface area contributed by atoms with Gasteiger partial charge in [0.05, 0.1) is 59.6 Å². The van der Waals surface area contributed by atoms with Gasteiger partial charge in [0.1, 0.15) is 5.75 Å². The molecule has 0 aromatic heterocycles. The van der Waals surface area contributed by atoms with Crippen molar-refractivity contribution in [2.24, 2.45) is 0 Å². The van der Waals surface area contributed by atoms with E-state index in [4.69, 9.17) is 14.2 Å². The maximum absolute atomic E-state index is 12.8.